The highest BCUT2D eigenvalue weighted by Gasteiger charge is 2.11. The summed E-state index contributed by atoms with van der Waals surface area (Å²) in [6.45, 7) is 1.95. The molecule has 5 rings (SSSR count). The first kappa shape index (κ1) is 22.0. The van der Waals surface area contributed by atoms with E-state index in [2.05, 4.69) is 25.6 Å². The SMILES string of the molecule is COc1cccc2c(Nc3ccc(C(=O)c4ccc(Nc5ccncn5)cc4)cc3)cc(C)nc12. The largest absolute Gasteiger partial charge is 0.494 e. The van der Waals surface area contributed by atoms with Gasteiger partial charge in [-0.05, 0) is 73.7 Å². The molecule has 0 aliphatic carbocycles. The topological polar surface area (TPSA) is 89.0 Å². The fourth-order valence-corrected chi connectivity index (χ4v) is 3.86. The van der Waals surface area contributed by atoms with Gasteiger partial charge in [-0.25, -0.2) is 15.0 Å². The number of hydrogen-bond acceptors (Lipinski definition) is 7. The van der Waals surface area contributed by atoms with Gasteiger partial charge in [-0.3, -0.25) is 4.79 Å². The number of fused-ring (bicyclic) bond motifs is 1. The van der Waals surface area contributed by atoms with Gasteiger partial charge in [0.25, 0.3) is 0 Å². The molecule has 3 aromatic carbocycles. The van der Waals surface area contributed by atoms with Crippen LogP contribution in [0.1, 0.15) is 21.6 Å². The molecule has 0 unspecified atom stereocenters. The molecule has 0 aliphatic rings. The highest BCUT2D eigenvalue weighted by Crippen LogP contribution is 2.31. The number of hydrogen-bond donors (Lipinski definition) is 2. The number of carbonyl (C=O) groups is 1. The quantitative estimate of drug-likeness (QED) is 0.285. The van der Waals surface area contributed by atoms with Gasteiger partial charge in [-0.15, -0.1) is 0 Å². The number of carbonyl (C=O) groups excluding carboxylic acids is 1. The summed E-state index contributed by atoms with van der Waals surface area (Å²) in [5.41, 5.74) is 5.57. The molecule has 172 valence electrons. The maximum atomic E-state index is 13.0. The number of aromatic nitrogens is 3. The van der Waals surface area contributed by atoms with Gasteiger partial charge in [-0.1, -0.05) is 12.1 Å². The second-order valence-electron chi connectivity index (χ2n) is 8.00. The summed E-state index contributed by atoms with van der Waals surface area (Å²) < 4.78 is 5.47. The lowest BCUT2D eigenvalue weighted by atomic mass is 10.0. The molecule has 0 amide bonds. The maximum Gasteiger partial charge on any atom is 0.193 e. The van der Waals surface area contributed by atoms with Gasteiger partial charge in [0.15, 0.2) is 5.78 Å². The number of benzene rings is 3. The summed E-state index contributed by atoms with van der Waals surface area (Å²) in [7, 11) is 1.64. The van der Waals surface area contributed by atoms with Gasteiger partial charge in [0.1, 0.15) is 23.4 Å². The molecule has 2 heterocycles. The van der Waals surface area contributed by atoms with Crippen molar-refractivity contribution in [1.82, 2.24) is 15.0 Å². The molecule has 0 fully saturated rings. The minimum Gasteiger partial charge on any atom is -0.494 e. The predicted molar refractivity (Wildman–Crippen MR) is 138 cm³/mol. The van der Waals surface area contributed by atoms with Crippen LogP contribution in [0, 0.1) is 6.92 Å². The first-order chi connectivity index (χ1) is 17.1. The Labute approximate surface area is 202 Å². The molecule has 0 atom stereocenters. The molecule has 7 heteroatoms. The smallest absolute Gasteiger partial charge is 0.193 e. The van der Waals surface area contributed by atoms with Crippen molar-refractivity contribution in [3.8, 4) is 5.75 Å². The summed E-state index contributed by atoms with van der Waals surface area (Å²) in [6, 6.07) is 24.4. The molecule has 0 aliphatic heterocycles. The van der Waals surface area contributed by atoms with Crippen molar-refractivity contribution >= 4 is 39.6 Å². The number of ketones is 1. The Morgan fingerprint density at radius 2 is 1.54 bits per heavy atom. The zero-order valence-electron chi connectivity index (χ0n) is 19.3. The molecule has 0 bridgehead atoms. The third-order valence-corrected chi connectivity index (χ3v) is 5.58. The van der Waals surface area contributed by atoms with Crippen LogP contribution in [0.5, 0.6) is 5.75 Å². The Hall–Kier alpha value is -4.78. The zero-order chi connectivity index (χ0) is 24.2. The monoisotopic (exact) mass is 461 g/mol. The van der Waals surface area contributed by atoms with Crippen molar-refractivity contribution in [3.63, 3.8) is 0 Å². The molecule has 2 aromatic heterocycles. The Kier molecular flexibility index (Phi) is 6.05. The first-order valence-corrected chi connectivity index (χ1v) is 11.1. The number of rotatable bonds is 7. The van der Waals surface area contributed by atoms with E-state index in [0.29, 0.717) is 16.9 Å². The van der Waals surface area contributed by atoms with Gasteiger partial charge in [0, 0.05) is 45.5 Å². The lowest BCUT2D eigenvalue weighted by Crippen LogP contribution is -2.02. The second kappa shape index (κ2) is 9.61. The molecular formula is C28H23N5O2. The number of aryl methyl sites for hydroxylation is 1. The van der Waals surface area contributed by atoms with E-state index in [1.54, 1.807) is 31.5 Å². The average molecular weight is 462 g/mol. The molecular weight excluding hydrogens is 438 g/mol. The summed E-state index contributed by atoms with van der Waals surface area (Å²) in [4.78, 5) is 25.7. The minimum atomic E-state index is -0.0416. The Morgan fingerprint density at radius 1 is 0.857 bits per heavy atom. The second-order valence-corrected chi connectivity index (χ2v) is 8.00. The van der Waals surface area contributed by atoms with E-state index in [4.69, 9.17) is 4.74 Å². The van der Waals surface area contributed by atoms with Crippen LogP contribution in [-0.2, 0) is 0 Å². The van der Waals surface area contributed by atoms with Crippen LogP contribution in [0.25, 0.3) is 10.9 Å². The Bertz CT molecular complexity index is 1480. The van der Waals surface area contributed by atoms with Crippen molar-refractivity contribution in [2.45, 2.75) is 6.92 Å². The lowest BCUT2D eigenvalue weighted by Gasteiger charge is -2.13. The van der Waals surface area contributed by atoms with E-state index in [-0.39, 0.29) is 5.78 Å². The highest BCUT2D eigenvalue weighted by atomic mass is 16.5. The minimum absolute atomic E-state index is 0.0416. The number of nitrogens with one attached hydrogen (secondary N) is 2. The molecule has 0 spiro atoms. The number of para-hydroxylation sites is 1. The molecule has 0 saturated heterocycles. The van der Waals surface area contributed by atoms with Crippen molar-refractivity contribution in [1.29, 1.82) is 0 Å². The number of ether oxygens (including phenoxy) is 1. The molecule has 7 nitrogen and oxygen atoms in total. The molecule has 35 heavy (non-hydrogen) atoms. The van der Waals surface area contributed by atoms with E-state index >= 15 is 0 Å². The number of anilines is 4. The lowest BCUT2D eigenvalue weighted by molar-refractivity contribution is 0.103. The maximum absolute atomic E-state index is 13.0. The van der Waals surface area contributed by atoms with E-state index in [0.717, 1.165) is 39.4 Å². The van der Waals surface area contributed by atoms with Gasteiger partial charge in [0.2, 0.25) is 0 Å². The fourth-order valence-electron chi connectivity index (χ4n) is 3.86. The van der Waals surface area contributed by atoms with Crippen LogP contribution in [0.2, 0.25) is 0 Å². The average Bonchev–Trinajstić information content (AvgIpc) is 2.89. The van der Waals surface area contributed by atoms with Gasteiger partial charge >= 0.3 is 0 Å². The van der Waals surface area contributed by atoms with E-state index in [1.807, 2.05) is 67.6 Å². The van der Waals surface area contributed by atoms with Crippen molar-refractivity contribution in [2.24, 2.45) is 0 Å². The summed E-state index contributed by atoms with van der Waals surface area (Å²) in [6.07, 6.45) is 3.15. The van der Waals surface area contributed by atoms with Gasteiger partial charge in [0.05, 0.1) is 7.11 Å². The van der Waals surface area contributed by atoms with Gasteiger partial charge < -0.3 is 15.4 Å². The van der Waals surface area contributed by atoms with E-state index < -0.39 is 0 Å². The standard InChI is InChI=1S/C28H23N5O2/c1-18-16-24(23-4-3-5-25(35-2)27(23)31-18)32-21-10-6-19(7-11-21)28(34)20-8-12-22(13-9-20)33-26-14-15-29-17-30-26/h3-17H,1-2H3,(H,31,32)(H,29,30,33). The third kappa shape index (κ3) is 4.79. The summed E-state index contributed by atoms with van der Waals surface area (Å²) in [5, 5.41) is 7.59. The molecule has 5 aromatic rings. The van der Waals surface area contributed by atoms with Crippen LogP contribution in [0.15, 0.2) is 91.4 Å². The summed E-state index contributed by atoms with van der Waals surface area (Å²) in [5.74, 6) is 1.38. The highest BCUT2D eigenvalue weighted by molar-refractivity contribution is 6.09. The molecule has 0 saturated carbocycles. The third-order valence-electron chi connectivity index (χ3n) is 5.58. The summed E-state index contributed by atoms with van der Waals surface area (Å²) >= 11 is 0. The zero-order valence-corrected chi connectivity index (χ0v) is 19.3. The fraction of sp³-hybridized carbons (Fsp3) is 0.0714. The van der Waals surface area contributed by atoms with Crippen molar-refractivity contribution < 1.29 is 9.53 Å². The van der Waals surface area contributed by atoms with Crippen LogP contribution in [0.4, 0.5) is 22.9 Å². The van der Waals surface area contributed by atoms with E-state index in [1.165, 1.54) is 6.33 Å². The number of pyridine rings is 1. The van der Waals surface area contributed by atoms with Crippen LogP contribution < -0.4 is 15.4 Å². The normalized spacial score (nSPS) is 10.7. The van der Waals surface area contributed by atoms with Crippen LogP contribution in [0.3, 0.4) is 0 Å². The molecule has 2 N–H and O–H groups in total. The van der Waals surface area contributed by atoms with Crippen molar-refractivity contribution in [2.75, 3.05) is 17.7 Å². The number of methoxy groups -OCH3 is 1. The van der Waals surface area contributed by atoms with Gasteiger partial charge in [-0.2, -0.15) is 0 Å². The first-order valence-electron chi connectivity index (χ1n) is 11.1. The Balaban J connectivity index is 1.33. The predicted octanol–water partition coefficient (Wildman–Crippen LogP) is 6.06. The van der Waals surface area contributed by atoms with Crippen LogP contribution in [-0.4, -0.2) is 27.8 Å². The Morgan fingerprint density at radius 3 is 2.17 bits per heavy atom. The van der Waals surface area contributed by atoms with E-state index in [9.17, 15) is 4.79 Å². The van der Waals surface area contributed by atoms with Crippen molar-refractivity contribution in [3.05, 3.63) is 108 Å². The number of nitrogens with zero attached hydrogens (tertiary/aromatic N) is 3. The molecule has 0 radical (unpaired) electrons. The van der Waals surface area contributed by atoms with Crippen LogP contribution >= 0.6 is 0 Å².